The largest absolute Gasteiger partial charge is 1.00 e. The van der Waals surface area contributed by atoms with Crippen LogP contribution in [0.1, 0.15) is 12.5 Å². The number of aliphatic hydroxyl groups excluding tert-OH is 1. The number of aliphatic hydroxyl groups is 2. The first-order valence-electron chi connectivity index (χ1n) is 6.24. The quantitative estimate of drug-likeness (QED) is 0.258. The predicted octanol–water partition coefficient (Wildman–Crippen LogP) is -4.20. The Balaban J connectivity index is 0.00000484. The van der Waals surface area contributed by atoms with Crippen LogP contribution in [0.25, 0.3) is 6.08 Å². The van der Waals surface area contributed by atoms with Crippen LogP contribution in [0.2, 0.25) is 0 Å². The van der Waals surface area contributed by atoms with Gasteiger partial charge in [0.1, 0.15) is 11.9 Å². The Morgan fingerprint density at radius 2 is 2.04 bits per heavy atom. The number of benzene rings is 1. The van der Waals surface area contributed by atoms with Crippen molar-refractivity contribution >= 4 is 18.0 Å². The average molecular weight is 349 g/mol. The number of hydrogen-bond acceptors (Lipinski definition) is 6. The van der Waals surface area contributed by atoms with Gasteiger partial charge in [0, 0.05) is 12.6 Å². The van der Waals surface area contributed by atoms with Crippen molar-refractivity contribution in [3.63, 3.8) is 0 Å². The second-order valence-electron chi connectivity index (χ2n) is 4.77. The second-order valence-corrected chi connectivity index (χ2v) is 4.77. The molecule has 0 radical (unpaired) electrons. The van der Waals surface area contributed by atoms with Crippen LogP contribution >= 0.6 is 0 Å². The van der Waals surface area contributed by atoms with Gasteiger partial charge in [0.05, 0.1) is 0 Å². The summed E-state index contributed by atoms with van der Waals surface area (Å²) in [6.45, 7) is 0.447. The molecule has 0 saturated heterocycles. The summed E-state index contributed by atoms with van der Waals surface area (Å²) in [5.41, 5.74) is -1.97. The molecule has 1 aromatic carbocycles. The van der Waals surface area contributed by atoms with Gasteiger partial charge >= 0.3 is 57.4 Å². The van der Waals surface area contributed by atoms with Crippen LogP contribution in [0.3, 0.4) is 0 Å². The van der Waals surface area contributed by atoms with Crippen LogP contribution in [-0.4, -0.2) is 50.6 Å². The van der Waals surface area contributed by atoms with E-state index in [4.69, 9.17) is 5.11 Å². The van der Waals surface area contributed by atoms with Crippen molar-refractivity contribution in [2.24, 2.45) is 0 Å². The minimum Gasteiger partial charge on any atom is -0.870 e. The van der Waals surface area contributed by atoms with E-state index in [1.165, 1.54) is 18.2 Å². The number of phenols is 1. The third-order valence-electron chi connectivity index (χ3n) is 2.96. The van der Waals surface area contributed by atoms with E-state index in [0.29, 0.717) is 5.56 Å². The molecule has 23 heavy (non-hydrogen) atoms. The zero-order valence-electron chi connectivity index (χ0n) is 12.7. The second kappa shape index (κ2) is 9.38. The molecular formula is C14H16KNO7. The molecule has 0 aliphatic heterocycles. The fourth-order valence-electron chi connectivity index (χ4n) is 1.41. The van der Waals surface area contributed by atoms with Crippen LogP contribution in [0.4, 0.5) is 0 Å². The Labute approximate surface area is 174 Å². The SMILES string of the molecule is C[C@](O)(C(=O)O)[C@H](O)CNC(=O)/C=C\c1ccc([O-])c(O)c1.[K+]. The summed E-state index contributed by atoms with van der Waals surface area (Å²) in [6.07, 6.45) is 0.698. The van der Waals surface area contributed by atoms with Crippen molar-refractivity contribution in [3.05, 3.63) is 29.8 Å². The number of hydrogen-bond donors (Lipinski definition) is 5. The number of carboxylic acids is 1. The minimum atomic E-state index is -2.38. The zero-order chi connectivity index (χ0) is 16.9. The number of carbonyl (C=O) groups is 2. The molecule has 0 saturated carbocycles. The van der Waals surface area contributed by atoms with Gasteiger partial charge in [-0.3, -0.25) is 4.79 Å². The monoisotopic (exact) mass is 349 g/mol. The van der Waals surface area contributed by atoms with Crippen LogP contribution in [-0.2, 0) is 9.59 Å². The normalized spacial score (nSPS) is 14.6. The number of rotatable bonds is 6. The summed E-state index contributed by atoms with van der Waals surface area (Å²) < 4.78 is 0. The van der Waals surface area contributed by atoms with Crippen molar-refractivity contribution in [3.8, 4) is 11.5 Å². The zero-order valence-corrected chi connectivity index (χ0v) is 15.8. The van der Waals surface area contributed by atoms with Crippen LogP contribution in [0.5, 0.6) is 11.5 Å². The number of aromatic hydroxyl groups is 1. The van der Waals surface area contributed by atoms with Gasteiger partial charge in [0.2, 0.25) is 5.91 Å². The van der Waals surface area contributed by atoms with Gasteiger partial charge in [-0.25, -0.2) is 4.79 Å². The van der Waals surface area contributed by atoms with E-state index in [9.17, 15) is 30.0 Å². The van der Waals surface area contributed by atoms with Crippen molar-refractivity contribution < 1.29 is 86.5 Å². The summed E-state index contributed by atoms with van der Waals surface area (Å²) in [7, 11) is 0. The summed E-state index contributed by atoms with van der Waals surface area (Å²) in [6, 6.07) is 3.72. The van der Waals surface area contributed by atoms with Gasteiger partial charge < -0.3 is 30.8 Å². The van der Waals surface area contributed by atoms with Crippen LogP contribution in [0, 0.1) is 0 Å². The maximum atomic E-state index is 11.5. The van der Waals surface area contributed by atoms with Crippen molar-refractivity contribution in [2.75, 3.05) is 6.54 Å². The third kappa shape index (κ3) is 6.59. The molecule has 0 unspecified atom stereocenters. The molecule has 0 heterocycles. The summed E-state index contributed by atoms with van der Waals surface area (Å²) in [5.74, 6) is -3.25. The Kier molecular flexibility index (Phi) is 8.99. The first-order valence-corrected chi connectivity index (χ1v) is 6.24. The first-order chi connectivity index (χ1) is 10.1. The maximum absolute atomic E-state index is 11.5. The van der Waals surface area contributed by atoms with E-state index < -0.39 is 41.6 Å². The van der Waals surface area contributed by atoms with E-state index in [2.05, 4.69) is 5.32 Å². The van der Waals surface area contributed by atoms with Crippen molar-refractivity contribution in [1.82, 2.24) is 5.32 Å². The van der Waals surface area contributed by atoms with Crippen LogP contribution < -0.4 is 61.8 Å². The van der Waals surface area contributed by atoms with Gasteiger partial charge in [-0.05, 0) is 24.6 Å². The van der Waals surface area contributed by atoms with E-state index in [0.717, 1.165) is 19.1 Å². The number of phenolic OH excluding ortho intramolecular Hbond substituents is 1. The Morgan fingerprint density at radius 3 is 2.57 bits per heavy atom. The molecule has 0 aliphatic rings. The number of carbonyl (C=O) groups excluding carboxylic acids is 1. The van der Waals surface area contributed by atoms with E-state index in [-0.39, 0.29) is 51.4 Å². The topological polar surface area (TPSA) is 150 Å². The summed E-state index contributed by atoms with van der Waals surface area (Å²) >= 11 is 0. The number of aliphatic carboxylic acids is 1. The molecule has 0 aromatic heterocycles. The van der Waals surface area contributed by atoms with E-state index in [1.54, 1.807) is 0 Å². The van der Waals surface area contributed by atoms with Gasteiger partial charge in [-0.2, -0.15) is 0 Å². The molecular weight excluding hydrogens is 333 g/mol. The fourth-order valence-corrected chi connectivity index (χ4v) is 1.41. The van der Waals surface area contributed by atoms with Gasteiger partial charge in [-0.15, -0.1) is 0 Å². The molecule has 1 rings (SSSR count). The number of nitrogens with one attached hydrogen (secondary N) is 1. The van der Waals surface area contributed by atoms with Gasteiger partial charge in [0.15, 0.2) is 5.60 Å². The molecule has 0 aliphatic carbocycles. The molecule has 9 heteroatoms. The molecule has 0 spiro atoms. The molecule has 8 nitrogen and oxygen atoms in total. The predicted molar refractivity (Wildman–Crippen MR) is 73.9 cm³/mol. The van der Waals surface area contributed by atoms with Crippen molar-refractivity contribution in [2.45, 2.75) is 18.6 Å². The Hall–Kier alpha value is -0.944. The van der Waals surface area contributed by atoms with Gasteiger partial charge in [-0.1, -0.05) is 17.9 Å². The third-order valence-corrected chi connectivity index (χ3v) is 2.96. The Morgan fingerprint density at radius 1 is 1.43 bits per heavy atom. The molecule has 2 atom stereocenters. The first kappa shape index (κ1) is 22.1. The smallest absolute Gasteiger partial charge is 0.870 e. The van der Waals surface area contributed by atoms with Gasteiger partial charge in [0.25, 0.3) is 0 Å². The minimum absolute atomic E-state index is 0. The molecule has 0 bridgehead atoms. The van der Waals surface area contributed by atoms with Crippen molar-refractivity contribution in [1.29, 1.82) is 0 Å². The average Bonchev–Trinajstić information content (AvgIpc) is 2.45. The fraction of sp³-hybridized carbons (Fsp3) is 0.286. The number of amides is 1. The maximum Gasteiger partial charge on any atom is 1.00 e. The summed E-state index contributed by atoms with van der Waals surface area (Å²) in [4.78, 5) is 22.2. The molecule has 1 amide bonds. The molecule has 120 valence electrons. The van der Waals surface area contributed by atoms with Crippen LogP contribution in [0.15, 0.2) is 24.3 Å². The molecule has 5 N–H and O–H groups in total. The Bertz CT molecular complexity index is 601. The molecule has 0 fully saturated rings. The summed E-state index contributed by atoms with van der Waals surface area (Å²) in [5, 5.41) is 50.1. The van der Waals surface area contributed by atoms with E-state index >= 15 is 0 Å². The van der Waals surface area contributed by atoms with E-state index in [1.807, 2.05) is 0 Å². The standard InChI is InChI=1S/C14H17NO7.K/c1-14(22,13(20)21)11(18)7-15-12(19)5-3-8-2-4-9(16)10(17)6-8;/h2-6,11,16-18,22H,7H2,1H3,(H,15,19)(H,20,21);/q;+1/p-1/b5-3-;/t11-,14-;/m1./s1. The molecule has 1 aromatic rings. The number of carboxylic acid groups (broad SMARTS) is 1.